The molecule has 1 N–H and O–H groups in total. The first-order valence-corrected chi connectivity index (χ1v) is 10.1. The highest BCUT2D eigenvalue weighted by Crippen LogP contribution is 2.21. The second kappa shape index (κ2) is 10.5. The van der Waals surface area contributed by atoms with Crippen molar-refractivity contribution in [2.75, 3.05) is 32.1 Å². The highest BCUT2D eigenvalue weighted by atomic mass is 16.5. The van der Waals surface area contributed by atoms with E-state index in [-0.39, 0.29) is 11.8 Å². The van der Waals surface area contributed by atoms with Crippen molar-refractivity contribution in [2.45, 2.75) is 32.1 Å². The molecule has 0 radical (unpaired) electrons. The van der Waals surface area contributed by atoms with Crippen molar-refractivity contribution in [3.8, 4) is 11.5 Å². The van der Waals surface area contributed by atoms with E-state index >= 15 is 0 Å². The first kappa shape index (κ1) is 20.7. The molecule has 6 nitrogen and oxygen atoms in total. The molecule has 2 amide bonds. The van der Waals surface area contributed by atoms with E-state index < -0.39 is 0 Å². The van der Waals surface area contributed by atoms with Crippen molar-refractivity contribution in [3.63, 3.8) is 0 Å². The van der Waals surface area contributed by atoms with Crippen LogP contribution in [-0.4, -0.2) is 43.5 Å². The average molecular weight is 396 g/mol. The lowest BCUT2D eigenvalue weighted by atomic mass is 10.1. The molecule has 0 spiro atoms. The van der Waals surface area contributed by atoms with E-state index in [2.05, 4.69) is 5.32 Å². The standard InChI is InChI=1S/C23H28N2O4/c1-28-18-11-13-19(14-12-18)29-17-7-10-22(26)24-21-9-4-3-8-20(21)23(27)25-15-5-2-6-16-25/h3-4,8-9,11-14H,2,5-7,10,15-17H2,1H3,(H,24,26). The zero-order chi connectivity index (χ0) is 20.5. The summed E-state index contributed by atoms with van der Waals surface area (Å²) in [7, 11) is 1.62. The summed E-state index contributed by atoms with van der Waals surface area (Å²) in [6.07, 6.45) is 4.15. The van der Waals surface area contributed by atoms with E-state index in [1.54, 1.807) is 19.2 Å². The average Bonchev–Trinajstić information content (AvgIpc) is 2.77. The first-order chi connectivity index (χ1) is 14.2. The number of nitrogens with one attached hydrogen (secondary N) is 1. The number of anilines is 1. The number of likely N-dealkylation sites (tertiary alicyclic amines) is 1. The number of hydrogen-bond donors (Lipinski definition) is 1. The van der Waals surface area contributed by atoms with E-state index in [4.69, 9.17) is 9.47 Å². The minimum Gasteiger partial charge on any atom is -0.497 e. The molecular weight excluding hydrogens is 368 g/mol. The van der Waals surface area contributed by atoms with E-state index in [1.807, 2.05) is 41.3 Å². The normalized spacial score (nSPS) is 13.6. The monoisotopic (exact) mass is 396 g/mol. The zero-order valence-electron chi connectivity index (χ0n) is 16.9. The van der Waals surface area contributed by atoms with Crippen LogP contribution in [0.25, 0.3) is 0 Å². The van der Waals surface area contributed by atoms with Gasteiger partial charge < -0.3 is 19.7 Å². The van der Waals surface area contributed by atoms with Crippen LogP contribution in [0.2, 0.25) is 0 Å². The minimum atomic E-state index is -0.123. The molecule has 1 fully saturated rings. The number of benzene rings is 2. The third-order valence-corrected chi connectivity index (χ3v) is 4.95. The highest BCUT2D eigenvalue weighted by molar-refractivity contribution is 6.03. The smallest absolute Gasteiger partial charge is 0.255 e. The number of nitrogens with zero attached hydrogens (tertiary/aromatic N) is 1. The Hall–Kier alpha value is -3.02. The summed E-state index contributed by atoms with van der Waals surface area (Å²) in [6, 6.07) is 14.5. The van der Waals surface area contributed by atoms with Crippen molar-refractivity contribution >= 4 is 17.5 Å². The Morgan fingerprint density at radius 1 is 0.966 bits per heavy atom. The number of para-hydroxylation sites is 1. The highest BCUT2D eigenvalue weighted by Gasteiger charge is 2.21. The first-order valence-electron chi connectivity index (χ1n) is 10.1. The number of piperidine rings is 1. The van der Waals surface area contributed by atoms with Crippen molar-refractivity contribution in [2.24, 2.45) is 0 Å². The molecule has 0 aliphatic carbocycles. The minimum absolute atomic E-state index is 0.0107. The topological polar surface area (TPSA) is 67.9 Å². The number of ether oxygens (including phenoxy) is 2. The van der Waals surface area contributed by atoms with Crippen molar-refractivity contribution in [3.05, 3.63) is 54.1 Å². The quantitative estimate of drug-likeness (QED) is 0.682. The molecule has 1 aliphatic rings. The number of hydrogen-bond acceptors (Lipinski definition) is 4. The number of rotatable bonds is 8. The summed E-state index contributed by atoms with van der Waals surface area (Å²) in [5.74, 6) is 1.38. The molecule has 6 heteroatoms. The Morgan fingerprint density at radius 2 is 1.66 bits per heavy atom. The maximum atomic E-state index is 12.8. The van der Waals surface area contributed by atoms with Crippen LogP contribution in [0, 0.1) is 0 Å². The molecule has 1 saturated heterocycles. The van der Waals surface area contributed by atoms with E-state index in [9.17, 15) is 9.59 Å². The largest absolute Gasteiger partial charge is 0.497 e. The maximum Gasteiger partial charge on any atom is 0.255 e. The molecular formula is C23H28N2O4. The van der Waals surface area contributed by atoms with E-state index in [1.165, 1.54) is 6.42 Å². The fraction of sp³-hybridized carbons (Fsp3) is 0.391. The van der Waals surface area contributed by atoms with Gasteiger partial charge in [0.25, 0.3) is 5.91 Å². The molecule has 1 aliphatic heterocycles. The second-order valence-corrected chi connectivity index (χ2v) is 7.07. The molecule has 0 unspecified atom stereocenters. The SMILES string of the molecule is COc1ccc(OCCCC(=O)Nc2ccccc2C(=O)N2CCCCC2)cc1. The van der Waals surface area contributed by atoms with Crippen LogP contribution in [0.1, 0.15) is 42.5 Å². The fourth-order valence-corrected chi connectivity index (χ4v) is 3.35. The van der Waals surface area contributed by atoms with E-state index in [0.717, 1.165) is 37.4 Å². The molecule has 2 aromatic carbocycles. The van der Waals surface area contributed by atoms with Gasteiger partial charge in [0.15, 0.2) is 0 Å². The van der Waals surface area contributed by atoms with Crippen LogP contribution in [0.4, 0.5) is 5.69 Å². The lowest BCUT2D eigenvalue weighted by molar-refractivity contribution is -0.116. The van der Waals surface area contributed by atoms with Gasteiger partial charge in [0.1, 0.15) is 11.5 Å². The van der Waals surface area contributed by atoms with Crippen LogP contribution in [0.5, 0.6) is 11.5 Å². The Kier molecular flexibility index (Phi) is 7.50. The lowest BCUT2D eigenvalue weighted by Crippen LogP contribution is -2.36. The second-order valence-electron chi connectivity index (χ2n) is 7.07. The van der Waals surface area contributed by atoms with Gasteiger partial charge in [0, 0.05) is 19.5 Å². The van der Waals surface area contributed by atoms with Crippen LogP contribution in [0.15, 0.2) is 48.5 Å². The van der Waals surface area contributed by atoms with E-state index in [0.29, 0.717) is 30.7 Å². The van der Waals surface area contributed by atoms with Crippen molar-refractivity contribution < 1.29 is 19.1 Å². The van der Waals surface area contributed by atoms with Gasteiger partial charge >= 0.3 is 0 Å². The summed E-state index contributed by atoms with van der Waals surface area (Å²) in [5.41, 5.74) is 1.13. The van der Waals surface area contributed by atoms with Crippen LogP contribution >= 0.6 is 0 Å². The Bertz CT molecular complexity index is 814. The van der Waals surface area contributed by atoms with Crippen LogP contribution in [-0.2, 0) is 4.79 Å². The van der Waals surface area contributed by atoms with Crippen LogP contribution < -0.4 is 14.8 Å². The van der Waals surface area contributed by atoms with Gasteiger partial charge in [-0.1, -0.05) is 12.1 Å². The molecule has 154 valence electrons. The summed E-state index contributed by atoms with van der Waals surface area (Å²) in [6.45, 7) is 2.00. The fourth-order valence-electron chi connectivity index (χ4n) is 3.35. The van der Waals surface area contributed by atoms with Crippen molar-refractivity contribution in [1.82, 2.24) is 4.90 Å². The predicted molar refractivity (Wildman–Crippen MR) is 113 cm³/mol. The Balaban J connectivity index is 1.48. The summed E-state index contributed by atoms with van der Waals surface area (Å²) in [4.78, 5) is 27.0. The summed E-state index contributed by atoms with van der Waals surface area (Å²) in [5, 5.41) is 2.89. The Morgan fingerprint density at radius 3 is 2.38 bits per heavy atom. The molecule has 3 rings (SSSR count). The third-order valence-electron chi connectivity index (χ3n) is 4.95. The van der Waals surface area contributed by atoms with Gasteiger partial charge in [-0.2, -0.15) is 0 Å². The molecule has 0 saturated carbocycles. The summed E-state index contributed by atoms with van der Waals surface area (Å²) >= 11 is 0. The van der Waals surface area contributed by atoms with Gasteiger partial charge in [0.2, 0.25) is 5.91 Å². The number of carbonyl (C=O) groups excluding carboxylic acids is 2. The Labute approximate surface area is 171 Å². The van der Waals surface area contributed by atoms with Gasteiger partial charge in [0.05, 0.1) is 25.0 Å². The molecule has 29 heavy (non-hydrogen) atoms. The van der Waals surface area contributed by atoms with Gasteiger partial charge in [-0.15, -0.1) is 0 Å². The van der Waals surface area contributed by atoms with Gasteiger partial charge in [-0.05, 0) is 62.1 Å². The summed E-state index contributed by atoms with van der Waals surface area (Å²) < 4.78 is 10.8. The number of carbonyl (C=O) groups is 2. The molecule has 1 heterocycles. The van der Waals surface area contributed by atoms with Gasteiger partial charge in [-0.3, -0.25) is 9.59 Å². The number of methoxy groups -OCH3 is 1. The molecule has 2 aromatic rings. The molecule has 0 aromatic heterocycles. The van der Waals surface area contributed by atoms with Crippen molar-refractivity contribution in [1.29, 1.82) is 0 Å². The zero-order valence-corrected chi connectivity index (χ0v) is 16.9. The van der Waals surface area contributed by atoms with Gasteiger partial charge in [-0.25, -0.2) is 0 Å². The maximum absolute atomic E-state index is 12.8. The molecule has 0 bridgehead atoms. The molecule has 0 atom stereocenters. The van der Waals surface area contributed by atoms with Crippen LogP contribution in [0.3, 0.4) is 0 Å². The third kappa shape index (κ3) is 5.98. The number of amides is 2. The predicted octanol–water partition coefficient (Wildman–Crippen LogP) is 4.12. The lowest BCUT2D eigenvalue weighted by Gasteiger charge is -2.27.